The number of nitrogens with one attached hydrogen (secondary N) is 1. The molecule has 3 N–H and O–H groups in total. The quantitative estimate of drug-likeness (QED) is 0.773. The fourth-order valence-corrected chi connectivity index (χ4v) is 3.32. The molecule has 2 aromatic heterocycles. The molecule has 0 aliphatic carbocycles. The average Bonchev–Trinajstić information content (AvgIpc) is 2.96. The highest BCUT2D eigenvalue weighted by Crippen LogP contribution is 2.28. The summed E-state index contributed by atoms with van der Waals surface area (Å²) in [6.45, 7) is 6.68. The van der Waals surface area contributed by atoms with Gasteiger partial charge >= 0.3 is 6.09 Å². The third kappa shape index (κ3) is 3.72. The highest BCUT2D eigenvalue weighted by Gasteiger charge is 2.29. The molecule has 1 aliphatic rings. The van der Waals surface area contributed by atoms with Gasteiger partial charge in [-0.05, 0) is 33.6 Å². The second-order valence-corrected chi connectivity index (χ2v) is 7.92. The predicted octanol–water partition coefficient (Wildman–Crippen LogP) is 1.77. The van der Waals surface area contributed by atoms with Crippen LogP contribution >= 0.6 is 12.2 Å². The van der Waals surface area contributed by atoms with E-state index in [1.54, 1.807) is 21.7 Å². The maximum absolute atomic E-state index is 12.2. The molecule has 1 aliphatic heterocycles. The van der Waals surface area contributed by atoms with Crippen molar-refractivity contribution < 1.29 is 9.53 Å². The van der Waals surface area contributed by atoms with Crippen LogP contribution in [0.15, 0.2) is 17.1 Å². The number of nitrogens with two attached hydrogens (primary N) is 1. The average molecular weight is 377 g/mol. The molecule has 140 valence electrons. The van der Waals surface area contributed by atoms with Crippen molar-refractivity contribution in [3.05, 3.63) is 33.9 Å². The van der Waals surface area contributed by atoms with Gasteiger partial charge in [0, 0.05) is 25.1 Å². The molecule has 1 saturated heterocycles. The van der Waals surface area contributed by atoms with Crippen molar-refractivity contribution in [3.63, 3.8) is 0 Å². The lowest BCUT2D eigenvalue weighted by Crippen LogP contribution is -2.41. The molecule has 0 atom stereocenters. The van der Waals surface area contributed by atoms with Crippen LogP contribution in [-0.4, -0.2) is 49.3 Å². The van der Waals surface area contributed by atoms with Crippen molar-refractivity contribution in [2.45, 2.75) is 45.1 Å². The van der Waals surface area contributed by atoms with Crippen molar-refractivity contribution >= 4 is 28.9 Å². The summed E-state index contributed by atoms with van der Waals surface area (Å²) in [6.07, 6.45) is 2.70. The number of likely N-dealkylation sites (tertiary alicyclic amines) is 1. The topological polar surface area (TPSA) is 106 Å². The summed E-state index contributed by atoms with van der Waals surface area (Å²) in [6, 6.07) is 1.55. The SMILES string of the molecule is CC(C)(C)OC(=O)N1CCC(c2cc(=O)[nH]c3c(C(N)=S)cnn23)CC1. The summed E-state index contributed by atoms with van der Waals surface area (Å²) >= 11 is 5.02. The monoisotopic (exact) mass is 377 g/mol. The lowest BCUT2D eigenvalue weighted by atomic mass is 9.93. The van der Waals surface area contributed by atoms with Gasteiger partial charge in [0.15, 0.2) is 0 Å². The van der Waals surface area contributed by atoms with Crippen LogP contribution in [0.5, 0.6) is 0 Å². The molecule has 3 rings (SSSR count). The number of amides is 1. The number of rotatable bonds is 2. The zero-order valence-electron chi connectivity index (χ0n) is 15.1. The summed E-state index contributed by atoms with van der Waals surface area (Å²) in [4.78, 5) is 28.9. The molecule has 0 radical (unpaired) electrons. The fourth-order valence-electron chi connectivity index (χ4n) is 3.17. The van der Waals surface area contributed by atoms with Crippen molar-refractivity contribution in [2.75, 3.05) is 13.1 Å². The van der Waals surface area contributed by atoms with Crippen molar-refractivity contribution in [2.24, 2.45) is 5.73 Å². The third-order valence-electron chi connectivity index (χ3n) is 4.36. The maximum atomic E-state index is 12.2. The first-order chi connectivity index (χ1) is 12.2. The second-order valence-electron chi connectivity index (χ2n) is 7.48. The molecule has 9 heteroatoms. The minimum Gasteiger partial charge on any atom is -0.444 e. The summed E-state index contributed by atoms with van der Waals surface area (Å²) < 4.78 is 7.11. The standard InChI is InChI=1S/C17H23N5O3S/c1-17(2,3)25-16(24)21-6-4-10(5-7-21)12-8-13(23)20-15-11(14(18)26)9-19-22(12)15/h8-10H,4-7H2,1-3H3,(H2,18,26)(H,20,23). The smallest absolute Gasteiger partial charge is 0.410 e. The first kappa shape index (κ1) is 18.4. The molecule has 1 amide bonds. The number of hydrogen-bond acceptors (Lipinski definition) is 5. The first-order valence-electron chi connectivity index (χ1n) is 8.54. The normalized spacial score (nSPS) is 16.0. The molecule has 0 aromatic carbocycles. The van der Waals surface area contributed by atoms with Gasteiger partial charge < -0.3 is 20.4 Å². The predicted molar refractivity (Wildman–Crippen MR) is 101 cm³/mol. The van der Waals surface area contributed by atoms with Gasteiger partial charge in [0.25, 0.3) is 5.56 Å². The van der Waals surface area contributed by atoms with E-state index in [4.69, 9.17) is 22.7 Å². The van der Waals surface area contributed by atoms with Crippen LogP contribution in [0.2, 0.25) is 0 Å². The minimum atomic E-state index is -0.515. The van der Waals surface area contributed by atoms with Gasteiger partial charge in [0.05, 0.1) is 17.5 Å². The van der Waals surface area contributed by atoms with Gasteiger partial charge in [-0.25, -0.2) is 9.31 Å². The molecule has 26 heavy (non-hydrogen) atoms. The van der Waals surface area contributed by atoms with Gasteiger partial charge in [-0.3, -0.25) is 4.79 Å². The number of fused-ring (bicyclic) bond motifs is 1. The lowest BCUT2D eigenvalue weighted by Gasteiger charge is -2.33. The Bertz CT molecular complexity index is 903. The van der Waals surface area contributed by atoms with E-state index in [1.165, 1.54) is 0 Å². The number of carbonyl (C=O) groups excluding carboxylic acids is 1. The van der Waals surface area contributed by atoms with Crippen molar-refractivity contribution in [1.29, 1.82) is 0 Å². The number of thiocarbonyl (C=S) groups is 1. The number of H-pyrrole nitrogens is 1. The molecule has 0 spiro atoms. The number of hydrogen-bond donors (Lipinski definition) is 2. The molecule has 8 nitrogen and oxygen atoms in total. The number of piperidine rings is 1. The Labute approximate surface area is 156 Å². The highest BCUT2D eigenvalue weighted by molar-refractivity contribution is 7.80. The summed E-state index contributed by atoms with van der Waals surface area (Å²) in [5.74, 6) is 0.109. The van der Waals surface area contributed by atoms with Crippen molar-refractivity contribution in [1.82, 2.24) is 19.5 Å². The van der Waals surface area contributed by atoms with E-state index >= 15 is 0 Å². The summed E-state index contributed by atoms with van der Waals surface area (Å²) in [5.41, 5.74) is 6.82. The fraction of sp³-hybridized carbons (Fsp3) is 0.529. The largest absolute Gasteiger partial charge is 0.444 e. The van der Waals surface area contributed by atoms with E-state index in [0.717, 1.165) is 18.5 Å². The molecule has 0 bridgehead atoms. The molecule has 1 fully saturated rings. The Hall–Kier alpha value is -2.42. The van der Waals surface area contributed by atoms with Crippen LogP contribution in [0.25, 0.3) is 5.65 Å². The van der Waals surface area contributed by atoms with E-state index in [9.17, 15) is 9.59 Å². The summed E-state index contributed by atoms with van der Waals surface area (Å²) in [5, 5.41) is 4.33. The molecule has 2 aromatic rings. The summed E-state index contributed by atoms with van der Waals surface area (Å²) in [7, 11) is 0. The Morgan fingerprint density at radius 1 is 1.38 bits per heavy atom. The first-order valence-corrected chi connectivity index (χ1v) is 8.95. The Morgan fingerprint density at radius 2 is 2.04 bits per heavy atom. The van der Waals surface area contributed by atoms with E-state index in [2.05, 4.69) is 10.1 Å². The van der Waals surface area contributed by atoms with E-state index in [1.807, 2.05) is 20.8 Å². The van der Waals surface area contributed by atoms with Gasteiger partial charge in [0.2, 0.25) is 0 Å². The number of ether oxygens (including phenoxy) is 1. The van der Waals surface area contributed by atoms with Crippen LogP contribution < -0.4 is 11.3 Å². The third-order valence-corrected chi connectivity index (χ3v) is 4.58. The van der Waals surface area contributed by atoms with Gasteiger partial charge in [-0.15, -0.1) is 0 Å². The van der Waals surface area contributed by atoms with Gasteiger partial charge in [-0.2, -0.15) is 5.10 Å². The van der Waals surface area contributed by atoms with E-state index in [-0.39, 0.29) is 22.6 Å². The molecule has 0 saturated carbocycles. The highest BCUT2D eigenvalue weighted by atomic mass is 32.1. The second kappa shape index (κ2) is 6.71. The van der Waals surface area contributed by atoms with Crippen molar-refractivity contribution in [3.8, 4) is 0 Å². The van der Waals surface area contributed by atoms with Crippen LogP contribution in [-0.2, 0) is 4.74 Å². The Kier molecular flexibility index (Phi) is 4.74. The number of carbonyl (C=O) groups is 1. The van der Waals surface area contributed by atoms with Crippen LogP contribution in [0.3, 0.4) is 0 Å². The van der Waals surface area contributed by atoms with Gasteiger partial charge in [-0.1, -0.05) is 12.2 Å². The molecular formula is C17H23N5O3S. The Balaban J connectivity index is 1.81. The van der Waals surface area contributed by atoms with Gasteiger partial charge in [0.1, 0.15) is 16.2 Å². The number of aromatic amines is 1. The van der Waals surface area contributed by atoms with Crippen LogP contribution in [0.4, 0.5) is 4.79 Å². The van der Waals surface area contributed by atoms with Crippen LogP contribution in [0.1, 0.15) is 50.8 Å². The molecule has 3 heterocycles. The zero-order valence-corrected chi connectivity index (χ0v) is 15.9. The lowest BCUT2D eigenvalue weighted by molar-refractivity contribution is 0.0203. The molecule has 0 unspecified atom stereocenters. The maximum Gasteiger partial charge on any atom is 0.410 e. The Morgan fingerprint density at radius 3 is 2.62 bits per heavy atom. The molecular weight excluding hydrogens is 354 g/mol. The minimum absolute atomic E-state index is 0.109. The van der Waals surface area contributed by atoms with E-state index < -0.39 is 5.60 Å². The number of aromatic nitrogens is 3. The zero-order chi connectivity index (χ0) is 19.1. The van der Waals surface area contributed by atoms with Crippen LogP contribution in [0, 0.1) is 0 Å². The van der Waals surface area contributed by atoms with E-state index in [0.29, 0.717) is 24.3 Å². The number of nitrogens with zero attached hydrogens (tertiary/aromatic N) is 3.